The summed E-state index contributed by atoms with van der Waals surface area (Å²) in [5.74, 6) is -0.930. The number of sulfonamides is 1. The molecule has 1 N–H and O–H groups in total. The number of nitrogens with zero attached hydrogens (tertiary/aromatic N) is 1. The topological polar surface area (TPSA) is 59.1 Å². The third kappa shape index (κ3) is 3.34. The van der Waals surface area contributed by atoms with Gasteiger partial charge < -0.3 is 0 Å². The van der Waals surface area contributed by atoms with Gasteiger partial charge in [-0.1, -0.05) is 23.2 Å². The number of rotatable bonds is 3. The lowest BCUT2D eigenvalue weighted by molar-refractivity contribution is 0.570. The Morgan fingerprint density at radius 2 is 1.89 bits per heavy atom. The zero-order valence-corrected chi connectivity index (χ0v) is 11.6. The van der Waals surface area contributed by atoms with Crippen molar-refractivity contribution >= 4 is 38.9 Å². The summed E-state index contributed by atoms with van der Waals surface area (Å²) >= 11 is 11.2. The molecule has 8 heteroatoms. The lowest BCUT2D eigenvalue weighted by Crippen LogP contribution is -2.14. The van der Waals surface area contributed by atoms with Gasteiger partial charge in [-0.15, -0.1) is 0 Å². The van der Waals surface area contributed by atoms with Crippen LogP contribution in [0.2, 0.25) is 10.2 Å². The van der Waals surface area contributed by atoms with Crippen LogP contribution in [0.1, 0.15) is 0 Å². The predicted octanol–water partition coefficient (Wildman–Crippen LogP) is 3.33. The van der Waals surface area contributed by atoms with Crippen molar-refractivity contribution in [3.63, 3.8) is 0 Å². The maximum absolute atomic E-state index is 13.6. The van der Waals surface area contributed by atoms with E-state index in [2.05, 4.69) is 9.71 Å². The Morgan fingerprint density at radius 1 is 1.16 bits per heavy atom. The Balaban J connectivity index is 2.38. The number of halogens is 3. The third-order valence-corrected chi connectivity index (χ3v) is 4.02. The quantitative estimate of drug-likeness (QED) is 0.882. The van der Waals surface area contributed by atoms with Crippen molar-refractivity contribution in [1.82, 2.24) is 4.98 Å². The Kier molecular flexibility index (Phi) is 3.93. The Morgan fingerprint density at radius 3 is 2.53 bits per heavy atom. The second-order valence-electron chi connectivity index (χ2n) is 3.55. The normalized spacial score (nSPS) is 11.3. The third-order valence-electron chi connectivity index (χ3n) is 2.16. The highest BCUT2D eigenvalue weighted by Gasteiger charge is 2.19. The smallest absolute Gasteiger partial charge is 0.264 e. The van der Waals surface area contributed by atoms with Gasteiger partial charge in [0.25, 0.3) is 10.0 Å². The van der Waals surface area contributed by atoms with Gasteiger partial charge in [-0.05, 0) is 30.3 Å². The highest BCUT2D eigenvalue weighted by Crippen LogP contribution is 2.22. The largest absolute Gasteiger partial charge is 0.279 e. The van der Waals surface area contributed by atoms with Gasteiger partial charge in [-0.2, -0.15) is 0 Å². The lowest BCUT2D eigenvalue weighted by Gasteiger charge is -2.09. The van der Waals surface area contributed by atoms with E-state index in [1.54, 1.807) is 0 Å². The lowest BCUT2D eigenvalue weighted by atomic mass is 10.3. The number of pyridine rings is 1. The first kappa shape index (κ1) is 14.0. The number of benzene rings is 1. The minimum absolute atomic E-state index is 0.114. The molecule has 0 fully saturated rings. The molecular formula is C11H7Cl2FN2O2S. The van der Waals surface area contributed by atoms with Crippen LogP contribution < -0.4 is 4.72 Å². The van der Waals surface area contributed by atoms with Gasteiger partial charge in [0.1, 0.15) is 15.9 Å². The van der Waals surface area contributed by atoms with E-state index >= 15 is 0 Å². The van der Waals surface area contributed by atoms with Crippen LogP contribution in [0.25, 0.3) is 0 Å². The van der Waals surface area contributed by atoms with Crippen molar-refractivity contribution in [1.29, 1.82) is 0 Å². The van der Waals surface area contributed by atoms with Gasteiger partial charge in [-0.25, -0.2) is 17.8 Å². The zero-order valence-electron chi connectivity index (χ0n) is 9.27. The average molecular weight is 321 g/mol. The molecule has 0 saturated carbocycles. The predicted molar refractivity (Wildman–Crippen MR) is 71.5 cm³/mol. The molecule has 100 valence electrons. The Bertz CT molecular complexity index is 722. The van der Waals surface area contributed by atoms with Gasteiger partial charge in [-0.3, -0.25) is 4.72 Å². The molecule has 0 unspecified atom stereocenters. The van der Waals surface area contributed by atoms with Crippen molar-refractivity contribution in [2.45, 2.75) is 4.90 Å². The molecule has 0 aliphatic heterocycles. The number of anilines is 1. The highest BCUT2D eigenvalue weighted by molar-refractivity contribution is 7.92. The maximum atomic E-state index is 13.6. The van der Waals surface area contributed by atoms with Crippen molar-refractivity contribution < 1.29 is 12.8 Å². The van der Waals surface area contributed by atoms with Crippen molar-refractivity contribution in [3.8, 4) is 0 Å². The molecule has 1 aromatic carbocycles. The molecule has 2 rings (SSSR count). The summed E-state index contributed by atoms with van der Waals surface area (Å²) in [5, 5.41) is 0.236. The first-order chi connectivity index (χ1) is 8.88. The van der Waals surface area contributed by atoms with Crippen LogP contribution in [0.4, 0.5) is 10.1 Å². The summed E-state index contributed by atoms with van der Waals surface area (Å²) in [6.07, 6.45) is 1.33. The maximum Gasteiger partial charge on any atom is 0.264 e. The van der Waals surface area contributed by atoms with Crippen LogP contribution in [-0.2, 0) is 10.0 Å². The summed E-state index contributed by atoms with van der Waals surface area (Å²) in [5.41, 5.74) is 0.189. The van der Waals surface area contributed by atoms with Gasteiger partial charge in [0.15, 0.2) is 0 Å². The van der Waals surface area contributed by atoms with E-state index < -0.39 is 20.7 Å². The van der Waals surface area contributed by atoms with E-state index in [1.165, 1.54) is 24.4 Å². The number of hydrogen-bond acceptors (Lipinski definition) is 3. The molecule has 0 amide bonds. The monoisotopic (exact) mass is 320 g/mol. The van der Waals surface area contributed by atoms with E-state index in [-0.39, 0.29) is 15.9 Å². The molecule has 0 atom stereocenters. The molecule has 2 aromatic rings. The van der Waals surface area contributed by atoms with Gasteiger partial charge in [0, 0.05) is 11.2 Å². The fraction of sp³-hybridized carbons (Fsp3) is 0. The molecular weight excluding hydrogens is 314 g/mol. The molecule has 1 heterocycles. The fourth-order valence-electron chi connectivity index (χ4n) is 1.37. The van der Waals surface area contributed by atoms with E-state index in [9.17, 15) is 12.8 Å². The SMILES string of the molecule is O=S(=O)(Nc1ccnc(Cl)c1)c1ccc(Cl)cc1F. The van der Waals surface area contributed by atoms with E-state index in [0.29, 0.717) is 0 Å². The Labute approximate surface area is 119 Å². The molecule has 0 aliphatic rings. The Hall–Kier alpha value is -1.37. The van der Waals surface area contributed by atoms with Crippen LogP contribution >= 0.6 is 23.2 Å². The molecule has 0 aliphatic carbocycles. The van der Waals surface area contributed by atoms with Crippen molar-refractivity contribution in [2.75, 3.05) is 4.72 Å². The summed E-state index contributed by atoms with van der Waals surface area (Å²) in [7, 11) is -4.05. The molecule has 0 saturated heterocycles. The van der Waals surface area contributed by atoms with E-state index in [1.807, 2.05) is 0 Å². The highest BCUT2D eigenvalue weighted by atomic mass is 35.5. The molecule has 19 heavy (non-hydrogen) atoms. The first-order valence-corrected chi connectivity index (χ1v) is 7.22. The fourth-order valence-corrected chi connectivity index (χ4v) is 2.81. The summed E-state index contributed by atoms with van der Waals surface area (Å²) in [6.45, 7) is 0. The minimum Gasteiger partial charge on any atom is -0.279 e. The van der Waals surface area contributed by atoms with Crippen LogP contribution in [0, 0.1) is 5.82 Å². The average Bonchev–Trinajstić information content (AvgIpc) is 2.27. The van der Waals surface area contributed by atoms with Crippen LogP contribution in [-0.4, -0.2) is 13.4 Å². The molecule has 0 bridgehead atoms. The summed E-state index contributed by atoms with van der Waals surface area (Å²) < 4.78 is 39.8. The minimum atomic E-state index is -4.05. The zero-order chi connectivity index (χ0) is 14.0. The van der Waals surface area contributed by atoms with Crippen LogP contribution in [0.15, 0.2) is 41.4 Å². The second kappa shape index (κ2) is 5.32. The number of hydrogen-bond donors (Lipinski definition) is 1. The summed E-state index contributed by atoms with van der Waals surface area (Å²) in [4.78, 5) is 3.22. The van der Waals surface area contributed by atoms with E-state index in [0.717, 1.165) is 12.1 Å². The first-order valence-electron chi connectivity index (χ1n) is 4.98. The van der Waals surface area contributed by atoms with Gasteiger partial charge >= 0.3 is 0 Å². The number of nitrogens with one attached hydrogen (secondary N) is 1. The van der Waals surface area contributed by atoms with Crippen LogP contribution in [0.5, 0.6) is 0 Å². The standard InChI is InChI=1S/C11H7Cl2FN2O2S/c12-7-1-2-10(9(14)5-7)19(17,18)16-8-3-4-15-11(13)6-8/h1-6H,(H,15,16). The van der Waals surface area contributed by atoms with Gasteiger partial charge in [0.05, 0.1) is 5.69 Å². The van der Waals surface area contributed by atoms with Gasteiger partial charge in [0.2, 0.25) is 0 Å². The molecule has 0 spiro atoms. The molecule has 0 radical (unpaired) electrons. The van der Waals surface area contributed by atoms with Crippen molar-refractivity contribution in [3.05, 3.63) is 52.5 Å². The summed E-state index contributed by atoms with van der Waals surface area (Å²) in [6, 6.07) is 6.02. The number of aromatic nitrogens is 1. The molecule has 4 nitrogen and oxygen atoms in total. The van der Waals surface area contributed by atoms with Crippen molar-refractivity contribution in [2.24, 2.45) is 0 Å². The van der Waals surface area contributed by atoms with E-state index in [4.69, 9.17) is 23.2 Å². The molecule has 1 aromatic heterocycles. The van der Waals surface area contributed by atoms with Crippen LogP contribution in [0.3, 0.4) is 0 Å². The second-order valence-corrected chi connectivity index (χ2v) is 6.02.